The Bertz CT molecular complexity index is 614. The average molecular weight is 305 g/mol. The summed E-state index contributed by atoms with van der Waals surface area (Å²) < 4.78 is 5.01. The van der Waals surface area contributed by atoms with Crippen molar-refractivity contribution in [3.8, 4) is 0 Å². The molecule has 8 heteroatoms. The Kier molecular flexibility index (Phi) is 5.34. The maximum Gasteiger partial charge on any atom is 0.321 e. The molecule has 2 rings (SSSR count). The fraction of sp³-hybridized carbons (Fsp3) is 0.286. The molecule has 0 saturated carbocycles. The lowest BCUT2D eigenvalue weighted by molar-refractivity contribution is 0.186. The highest BCUT2D eigenvalue weighted by atomic mass is 16.5. The van der Waals surface area contributed by atoms with E-state index in [9.17, 15) is 9.90 Å². The lowest BCUT2D eigenvalue weighted by Gasteiger charge is -2.17. The van der Waals surface area contributed by atoms with Crippen LogP contribution in [0.25, 0.3) is 0 Å². The number of amides is 2. The molecule has 0 saturated heterocycles. The zero-order valence-electron chi connectivity index (χ0n) is 12.2. The SMILES string of the molecule is COCc1c(NC(=O)N[C@H](CO)c2ccccc2)n[nH]c1N. The number of carbonyl (C=O) groups excluding carboxylic acids is 1. The standard InChI is InChI=1S/C14H19N5O3/c1-22-8-10-12(15)18-19-13(10)17-14(21)16-11(7-20)9-5-3-2-4-6-9/h2-6,11,20H,7-8H2,1H3,(H5,15,16,17,18,19,21)/t11-/m1/s1. The van der Waals surface area contributed by atoms with E-state index < -0.39 is 12.1 Å². The van der Waals surface area contributed by atoms with Crippen LogP contribution < -0.4 is 16.4 Å². The summed E-state index contributed by atoms with van der Waals surface area (Å²) in [5.74, 6) is 0.625. The van der Waals surface area contributed by atoms with Crippen molar-refractivity contribution in [1.29, 1.82) is 0 Å². The van der Waals surface area contributed by atoms with E-state index in [1.807, 2.05) is 30.3 Å². The second-order valence-electron chi connectivity index (χ2n) is 4.64. The van der Waals surface area contributed by atoms with Crippen LogP contribution in [0.1, 0.15) is 17.2 Å². The molecule has 1 heterocycles. The van der Waals surface area contributed by atoms with Gasteiger partial charge in [-0.05, 0) is 5.56 Å². The third-order valence-electron chi connectivity index (χ3n) is 3.11. The van der Waals surface area contributed by atoms with Crippen molar-refractivity contribution in [2.45, 2.75) is 12.6 Å². The van der Waals surface area contributed by atoms with Gasteiger partial charge in [-0.2, -0.15) is 5.10 Å². The quantitative estimate of drug-likeness (QED) is 0.544. The number of methoxy groups -OCH3 is 1. The minimum atomic E-state index is -0.511. The van der Waals surface area contributed by atoms with E-state index in [-0.39, 0.29) is 13.2 Å². The van der Waals surface area contributed by atoms with Crippen LogP contribution >= 0.6 is 0 Å². The molecule has 118 valence electrons. The van der Waals surface area contributed by atoms with Crippen LogP contribution in [0.3, 0.4) is 0 Å². The van der Waals surface area contributed by atoms with Crippen molar-refractivity contribution in [3.63, 3.8) is 0 Å². The number of aromatic amines is 1. The Balaban J connectivity index is 2.03. The zero-order valence-corrected chi connectivity index (χ0v) is 12.2. The van der Waals surface area contributed by atoms with E-state index in [4.69, 9.17) is 10.5 Å². The molecule has 2 amide bonds. The molecule has 8 nitrogen and oxygen atoms in total. The predicted molar refractivity (Wildman–Crippen MR) is 82.1 cm³/mol. The van der Waals surface area contributed by atoms with E-state index >= 15 is 0 Å². The summed E-state index contributed by atoms with van der Waals surface area (Å²) in [5.41, 5.74) is 7.08. The zero-order chi connectivity index (χ0) is 15.9. The first-order valence-corrected chi connectivity index (χ1v) is 6.70. The average Bonchev–Trinajstić information content (AvgIpc) is 2.87. The van der Waals surface area contributed by atoms with Gasteiger partial charge in [0, 0.05) is 7.11 Å². The summed E-state index contributed by atoms with van der Waals surface area (Å²) in [6.07, 6.45) is 0. The first-order valence-electron chi connectivity index (χ1n) is 6.70. The van der Waals surface area contributed by atoms with Gasteiger partial charge in [-0.3, -0.25) is 10.4 Å². The second-order valence-corrected chi connectivity index (χ2v) is 4.64. The van der Waals surface area contributed by atoms with Crippen LogP contribution in [0.2, 0.25) is 0 Å². The fourth-order valence-corrected chi connectivity index (χ4v) is 1.99. The summed E-state index contributed by atoms with van der Waals surface area (Å²) in [6, 6.07) is 8.18. The Hall–Kier alpha value is -2.58. The minimum absolute atomic E-state index is 0.217. The molecule has 22 heavy (non-hydrogen) atoms. The van der Waals surface area contributed by atoms with Gasteiger partial charge in [-0.25, -0.2) is 4.79 Å². The Morgan fingerprint density at radius 1 is 1.45 bits per heavy atom. The number of ether oxygens (including phenoxy) is 1. The molecule has 0 spiro atoms. The number of nitrogens with zero attached hydrogens (tertiary/aromatic N) is 1. The summed E-state index contributed by atoms with van der Waals surface area (Å²) in [7, 11) is 1.52. The van der Waals surface area contributed by atoms with Crippen molar-refractivity contribution in [2.75, 3.05) is 24.8 Å². The number of H-pyrrole nitrogens is 1. The van der Waals surface area contributed by atoms with Crippen LogP contribution in [0, 0.1) is 0 Å². The first-order chi connectivity index (χ1) is 10.7. The highest BCUT2D eigenvalue weighted by molar-refractivity contribution is 5.89. The predicted octanol–water partition coefficient (Wildman–Crippen LogP) is 0.993. The second kappa shape index (κ2) is 7.43. The van der Waals surface area contributed by atoms with Gasteiger partial charge in [-0.15, -0.1) is 0 Å². The van der Waals surface area contributed by atoms with Gasteiger partial charge >= 0.3 is 6.03 Å². The fourth-order valence-electron chi connectivity index (χ4n) is 1.99. The number of hydrogen-bond acceptors (Lipinski definition) is 5. The molecule has 0 unspecified atom stereocenters. The molecule has 2 aromatic rings. The molecule has 0 aliphatic carbocycles. The Morgan fingerprint density at radius 2 is 2.18 bits per heavy atom. The molecule has 1 aromatic heterocycles. The smallest absolute Gasteiger partial charge is 0.321 e. The van der Waals surface area contributed by atoms with Crippen LogP contribution in [-0.4, -0.2) is 35.1 Å². The molecule has 0 aliphatic rings. The van der Waals surface area contributed by atoms with Crippen LogP contribution in [0.4, 0.5) is 16.4 Å². The molecular weight excluding hydrogens is 286 g/mol. The number of nitrogens with one attached hydrogen (secondary N) is 3. The van der Waals surface area contributed by atoms with Gasteiger partial charge in [-0.1, -0.05) is 30.3 Å². The number of aliphatic hydroxyl groups excluding tert-OH is 1. The maximum atomic E-state index is 12.1. The molecule has 0 aliphatic heterocycles. The molecular formula is C14H19N5O3. The number of anilines is 2. The van der Waals surface area contributed by atoms with Gasteiger partial charge in [0.05, 0.1) is 24.8 Å². The monoisotopic (exact) mass is 305 g/mol. The van der Waals surface area contributed by atoms with Crippen molar-refractivity contribution in [2.24, 2.45) is 0 Å². The van der Waals surface area contributed by atoms with Crippen molar-refractivity contribution >= 4 is 17.7 Å². The Labute approximate surface area is 127 Å². The molecule has 0 radical (unpaired) electrons. The molecule has 6 N–H and O–H groups in total. The van der Waals surface area contributed by atoms with Crippen molar-refractivity contribution in [1.82, 2.24) is 15.5 Å². The number of nitrogens with two attached hydrogens (primary N) is 1. The maximum absolute atomic E-state index is 12.1. The van der Waals surface area contributed by atoms with Gasteiger partial charge in [0.15, 0.2) is 5.82 Å². The lowest BCUT2D eigenvalue weighted by atomic mass is 10.1. The number of carbonyl (C=O) groups is 1. The number of aliphatic hydroxyl groups is 1. The molecule has 1 atom stereocenters. The lowest BCUT2D eigenvalue weighted by Crippen LogP contribution is -2.34. The van der Waals surface area contributed by atoms with Crippen molar-refractivity contribution in [3.05, 3.63) is 41.5 Å². The number of hydrogen-bond donors (Lipinski definition) is 5. The van der Waals surface area contributed by atoms with E-state index in [1.165, 1.54) is 7.11 Å². The summed E-state index contributed by atoms with van der Waals surface area (Å²) in [5, 5.41) is 21.2. The van der Waals surface area contributed by atoms with Gasteiger partial charge in [0.1, 0.15) is 5.82 Å². The first kappa shape index (κ1) is 15.8. The highest BCUT2D eigenvalue weighted by Gasteiger charge is 2.17. The van der Waals surface area contributed by atoms with Crippen LogP contribution in [-0.2, 0) is 11.3 Å². The van der Waals surface area contributed by atoms with Crippen LogP contribution in [0.5, 0.6) is 0 Å². The van der Waals surface area contributed by atoms with Crippen LogP contribution in [0.15, 0.2) is 30.3 Å². The number of nitrogen functional groups attached to an aromatic ring is 1. The van der Waals surface area contributed by atoms with Gasteiger partial charge < -0.3 is 20.9 Å². The topological polar surface area (TPSA) is 125 Å². The summed E-state index contributed by atoms with van der Waals surface area (Å²) >= 11 is 0. The van der Waals surface area contributed by atoms with E-state index in [0.717, 1.165) is 5.56 Å². The van der Waals surface area contributed by atoms with Crippen molar-refractivity contribution < 1.29 is 14.6 Å². The molecule has 0 bridgehead atoms. The number of urea groups is 1. The number of benzene rings is 1. The Morgan fingerprint density at radius 3 is 2.82 bits per heavy atom. The van der Waals surface area contributed by atoms with E-state index in [2.05, 4.69) is 20.8 Å². The largest absolute Gasteiger partial charge is 0.394 e. The molecule has 0 fully saturated rings. The van der Waals surface area contributed by atoms with Gasteiger partial charge in [0.25, 0.3) is 0 Å². The number of rotatable bonds is 6. The highest BCUT2D eigenvalue weighted by Crippen LogP contribution is 2.19. The summed E-state index contributed by atoms with van der Waals surface area (Å²) in [6.45, 7) is 0.00509. The summed E-state index contributed by atoms with van der Waals surface area (Å²) in [4.78, 5) is 12.1. The minimum Gasteiger partial charge on any atom is -0.394 e. The van der Waals surface area contributed by atoms with E-state index in [0.29, 0.717) is 17.2 Å². The normalized spacial score (nSPS) is 11.9. The van der Waals surface area contributed by atoms with E-state index in [1.54, 1.807) is 0 Å². The molecule has 1 aromatic carbocycles. The van der Waals surface area contributed by atoms with Gasteiger partial charge in [0.2, 0.25) is 0 Å². The number of aromatic nitrogens is 2. The third-order valence-corrected chi connectivity index (χ3v) is 3.11. The third kappa shape index (κ3) is 3.74.